The first-order valence-corrected chi connectivity index (χ1v) is 7.84. The van der Waals surface area contributed by atoms with E-state index in [4.69, 9.17) is 0 Å². The van der Waals surface area contributed by atoms with Gasteiger partial charge in [0.05, 0.1) is 0 Å². The number of aliphatic carboxylic acids is 1. The SMILES string of the molecule is CC1CCc2[nH]nc(C(=O)N[C@@H](C(=O)O)c3ccc(O)cc3)c2C1. The predicted molar refractivity (Wildman–Crippen MR) is 85.7 cm³/mol. The first-order valence-electron chi connectivity index (χ1n) is 7.84. The van der Waals surface area contributed by atoms with E-state index in [2.05, 4.69) is 22.4 Å². The quantitative estimate of drug-likeness (QED) is 0.682. The average molecular weight is 329 g/mol. The summed E-state index contributed by atoms with van der Waals surface area (Å²) in [6.07, 6.45) is 2.64. The number of hydrogen-bond acceptors (Lipinski definition) is 4. The molecule has 4 N–H and O–H groups in total. The van der Waals surface area contributed by atoms with Crippen LogP contribution in [-0.4, -0.2) is 32.3 Å². The number of nitrogens with zero attached hydrogens (tertiary/aromatic N) is 1. The van der Waals surface area contributed by atoms with Gasteiger partial charge in [-0.15, -0.1) is 0 Å². The number of rotatable bonds is 4. The molecule has 2 aromatic rings. The summed E-state index contributed by atoms with van der Waals surface area (Å²) >= 11 is 0. The molecule has 0 fully saturated rings. The zero-order valence-electron chi connectivity index (χ0n) is 13.2. The van der Waals surface area contributed by atoms with Crippen LogP contribution in [0, 0.1) is 5.92 Å². The summed E-state index contributed by atoms with van der Waals surface area (Å²) in [5.74, 6) is -1.19. The summed E-state index contributed by atoms with van der Waals surface area (Å²) in [7, 11) is 0. The minimum absolute atomic E-state index is 0.0320. The number of aromatic nitrogens is 2. The second kappa shape index (κ2) is 6.35. The lowest BCUT2D eigenvalue weighted by molar-refractivity contribution is -0.139. The molecule has 0 spiro atoms. The Morgan fingerprint density at radius 2 is 2.04 bits per heavy atom. The second-order valence-electron chi connectivity index (χ2n) is 6.21. The Morgan fingerprint density at radius 1 is 1.33 bits per heavy atom. The molecule has 3 rings (SSSR count). The zero-order valence-corrected chi connectivity index (χ0v) is 13.2. The Bertz CT molecular complexity index is 767. The first kappa shape index (κ1) is 16.0. The number of phenolic OH excluding ortho intramolecular Hbond substituents is 1. The van der Waals surface area contributed by atoms with E-state index < -0.39 is 17.9 Å². The van der Waals surface area contributed by atoms with Crippen LogP contribution in [0.15, 0.2) is 24.3 Å². The number of nitrogens with one attached hydrogen (secondary N) is 2. The Morgan fingerprint density at radius 3 is 2.71 bits per heavy atom. The summed E-state index contributed by atoms with van der Waals surface area (Å²) < 4.78 is 0. The lowest BCUT2D eigenvalue weighted by atomic mass is 9.87. The molecule has 0 bridgehead atoms. The number of carboxylic acids is 1. The van der Waals surface area contributed by atoms with Gasteiger partial charge in [0.1, 0.15) is 5.75 Å². The van der Waals surface area contributed by atoms with Crippen molar-refractivity contribution in [2.45, 2.75) is 32.2 Å². The topological polar surface area (TPSA) is 115 Å². The van der Waals surface area contributed by atoms with E-state index in [0.29, 0.717) is 11.5 Å². The number of carbonyl (C=O) groups is 2. The van der Waals surface area contributed by atoms with Gasteiger partial charge in [-0.2, -0.15) is 5.10 Å². The van der Waals surface area contributed by atoms with Crippen LogP contribution in [0.1, 0.15) is 46.7 Å². The number of hydrogen-bond donors (Lipinski definition) is 4. The molecule has 1 unspecified atom stereocenters. The van der Waals surface area contributed by atoms with Gasteiger partial charge in [-0.05, 0) is 42.9 Å². The van der Waals surface area contributed by atoms with Crippen molar-refractivity contribution >= 4 is 11.9 Å². The van der Waals surface area contributed by atoms with Gasteiger partial charge >= 0.3 is 5.97 Å². The number of aromatic hydroxyl groups is 1. The molecule has 1 aromatic carbocycles. The van der Waals surface area contributed by atoms with Crippen LogP contribution in [0.2, 0.25) is 0 Å². The first-order chi connectivity index (χ1) is 11.5. The Balaban J connectivity index is 1.83. The van der Waals surface area contributed by atoms with E-state index in [1.54, 1.807) is 0 Å². The van der Waals surface area contributed by atoms with Crippen LogP contribution in [-0.2, 0) is 17.6 Å². The van der Waals surface area contributed by atoms with E-state index in [0.717, 1.165) is 30.5 Å². The monoisotopic (exact) mass is 329 g/mol. The van der Waals surface area contributed by atoms with Crippen molar-refractivity contribution in [3.05, 3.63) is 46.8 Å². The fourth-order valence-corrected chi connectivity index (χ4v) is 3.01. The number of amides is 1. The summed E-state index contributed by atoms with van der Waals surface area (Å²) in [5.41, 5.74) is 2.48. The highest BCUT2D eigenvalue weighted by atomic mass is 16.4. The van der Waals surface area contributed by atoms with Gasteiger partial charge in [0.25, 0.3) is 5.91 Å². The van der Waals surface area contributed by atoms with Gasteiger partial charge in [-0.1, -0.05) is 19.1 Å². The lowest BCUT2D eigenvalue weighted by Crippen LogP contribution is -2.34. The normalized spacial score (nSPS) is 17.8. The fourth-order valence-electron chi connectivity index (χ4n) is 3.01. The van der Waals surface area contributed by atoms with Crippen LogP contribution >= 0.6 is 0 Å². The molecule has 1 aliphatic carbocycles. The van der Waals surface area contributed by atoms with Crippen molar-refractivity contribution in [3.8, 4) is 5.75 Å². The molecule has 126 valence electrons. The lowest BCUT2D eigenvalue weighted by Gasteiger charge is -2.19. The molecule has 1 aromatic heterocycles. The number of phenols is 1. The maximum absolute atomic E-state index is 12.5. The number of aryl methyl sites for hydroxylation is 1. The van der Waals surface area contributed by atoms with Crippen LogP contribution in [0.25, 0.3) is 0 Å². The fraction of sp³-hybridized carbons (Fsp3) is 0.353. The molecule has 0 aliphatic heterocycles. The number of carboxylic acid groups (broad SMARTS) is 1. The summed E-state index contributed by atoms with van der Waals surface area (Å²) in [6, 6.07) is 4.50. The minimum atomic E-state index is -1.20. The van der Waals surface area contributed by atoms with E-state index in [-0.39, 0.29) is 11.4 Å². The zero-order chi connectivity index (χ0) is 17.3. The van der Waals surface area contributed by atoms with Gasteiger partial charge in [0, 0.05) is 11.3 Å². The Labute approximate surface area is 138 Å². The third kappa shape index (κ3) is 3.10. The van der Waals surface area contributed by atoms with Crippen LogP contribution in [0.3, 0.4) is 0 Å². The highest BCUT2D eigenvalue weighted by molar-refractivity contribution is 5.96. The summed E-state index contributed by atoms with van der Waals surface area (Å²) in [4.78, 5) is 24.1. The van der Waals surface area contributed by atoms with Crippen LogP contribution in [0.4, 0.5) is 0 Å². The van der Waals surface area contributed by atoms with Gasteiger partial charge in [-0.25, -0.2) is 4.79 Å². The summed E-state index contributed by atoms with van der Waals surface area (Å²) in [5, 5.41) is 28.2. The predicted octanol–water partition coefficient (Wildman–Crippen LogP) is 1.80. The van der Waals surface area contributed by atoms with Crippen LogP contribution < -0.4 is 5.32 Å². The molecule has 2 atom stereocenters. The van der Waals surface area contributed by atoms with Crippen molar-refractivity contribution < 1.29 is 19.8 Å². The summed E-state index contributed by atoms with van der Waals surface area (Å²) in [6.45, 7) is 2.12. The highest BCUT2D eigenvalue weighted by Gasteiger charge is 2.28. The molecule has 1 amide bonds. The van der Waals surface area contributed by atoms with Gasteiger partial charge in [-0.3, -0.25) is 9.89 Å². The van der Waals surface area contributed by atoms with Gasteiger partial charge < -0.3 is 15.5 Å². The highest BCUT2D eigenvalue weighted by Crippen LogP contribution is 2.26. The molecule has 1 aliphatic rings. The van der Waals surface area contributed by atoms with E-state index >= 15 is 0 Å². The number of aromatic amines is 1. The minimum Gasteiger partial charge on any atom is -0.508 e. The Hall–Kier alpha value is -2.83. The molecule has 1 heterocycles. The van der Waals surface area contributed by atoms with Crippen molar-refractivity contribution in [2.75, 3.05) is 0 Å². The van der Waals surface area contributed by atoms with Crippen LogP contribution in [0.5, 0.6) is 5.75 Å². The van der Waals surface area contributed by atoms with E-state index in [1.807, 2.05) is 0 Å². The smallest absolute Gasteiger partial charge is 0.330 e. The molecule has 7 nitrogen and oxygen atoms in total. The standard InChI is InChI=1S/C17H19N3O4/c1-9-2-7-13-12(8-9)15(20-19-13)16(22)18-14(17(23)24)10-3-5-11(21)6-4-10/h3-6,9,14,21H,2,7-8H2,1H3,(H,18,22)(H,19,20)(H,23,24)/t9?,14-/m1/s1. The Kier molecular flexibility index (Phi) is 4.24. The van der Waals surface area contributed by atoms with Gasteiger partial charge in [0.15, 0.2) is 11.7 Å². The maximum atomic E-state index is 12.5. The average Bonchev–Trinajstić information content (AvgIpc) is 2.96. The van der Waals surface area contributed by atoms with E-state index in [9.17, 15) is 19.8 Å². The molecule has 7 heteroatoms. The molecule has 0 radical (unpaired) electrons. The third-order valence-electron chi connectivity index (χ3n) is 4.36. The second-order valence-corrected chi connectivity index (χ2v) is 6.21. The molecular weight excluding hydrogens is 310 g/mol. The number of carbonyl (C=O) groups excluding carboxylic acids is 1. The molecule has 0 saturated heterocycles. The van der Waals surface area contributed by atoms with Crippen molar-refractivity contribution in [3.63, 3.8) is 0 Å². The van der Waals surface area contributed by atoms with Crippen molar-refractivity contribution in [1.82, 2.24) is 15.5 Å². The molecule has 0 saturated carbocycles. The number of fused-ring (bicyclic) bond motifs is 1. The van der Waals surface area contributed by atoms with Crippen molar-refractivity contribution in [2.24, 2.45) is 5.92 Å². The maximum Gasteiger partial charge on any atom is 0.330 e. The van der Waals surface area contributed by atoms with Gasteiger partial charge in [0.2, 0.25) is 0 Å². The number of H-pyrrole nitrogens is 1. The van der Waals surface area contributed by atoms with Crippen molar-refractivity contribution in [1.29, 1.82) is 0 Å². The molecular formula is C17H19N3O4. The van der Waals surface area contributed by atoms with E-state index in [1.165, 1.54) is 24.3 Å². The number of benzene rings is 1. The third-order valence-corrected chi connectivity index (χ3v) is 4.36. The molecule has 24 heavy (non-hydrogen) atoms. The largest absolute Gasteiger partial charge is 0.508 e.